The maximum Gasteiger partial charge on any atom is 0.0771 e. The SMILES string of the molecule is NC(=S)Cc1cccc(CN2CCCC2)c1. The van der Waals surface area contributed by atoms with Gasteiger partial charge in [0.1, 0.15) is 0 Å². The summed E-state index contributed by atoms with van der Waals surface area (Å²) in [4.78, 5) is 3.07. The monoisotopic (exact) mass is 234 g/mol. The molecule has 0 unspecified atom stereocenters. The molecule has 0 spiro atoms. The quantitative estimate of drug-likeness (QED) is 0.809. The Kier molecular flexibility index (Phi) is 3.91. The third-order valence-corrected chi connectivity index (χ3v) is 3.12. The molecule has 0 saturated carbocycles. The molecule has 0 bridgehead atoms. The van der Waals surface area contributed by atoms with Crippen LogP contribution in [0.2, 0.25) is 0 Å². The fourth-order valence-electron chi connectivity index (χ4n) is 2.24. The number of hydrogen-bond donors (Lipinski definition) is 1. The predicted octanol–water partition coefficient (Wildman–Crippen LogP) is 2.11. The molecule has 16 heavy (non-hydrogen) atoms. The van der Waals surface area contributed by atoms with Crippen LogP contribution < -0.4 is 5.73 Å². The number of thiocarbonyl (C=S) groups is 1. The van der Waals surface area contributed by atoms with Crippen molar-refractivity contribution in [3.05, 3.63) is 35.4 Å². The maximum atomic E-state index is 5.56. The van der Waals surface area contributed by atoms with Crippen LogP contribution >= 0.6 is 12.2 Å². The van der Waals surface area contributed by atoms with Crippen LogP contribution in [0.3, 0.4) is 0 Å². The van der Waals surface area contributed by atoms with Gasteiger partial charge in [-0.15, -0.1) is 0 Å². The summed E-state index contributed by atoms with van der Waals surface area (Å²) < 4.78 is 0. The molecule has 0 atom stereocenters. The molecule has 1 saturated heterocycles. The molecule has 1 aromatic rings. The van der Waals surface area contributed by atoms with Crippen molar-refractivity contribution in [3.63, 3.8) is 0 Å². The van der Waals surface area contributed by atoms with Crippen molar-refractivity contribution in [2.24, 2.45) is 5.73 Å². The van der Waals surface area contributed by atoms with E-state index in [-0.39, 0.29) is 0 Å². The van der Waals surface area contributed by atoms with Crippen molar-refractivity contribution in [2.75, 3.05) is 13.1 Å². The summed E-state index contributed by atoms with van der Waals surface area (Å²) in [6.07, 6.45) is 3.39. The van der Waals surface area contributed by atoms with Crippen molar-refractivity contribution in [3.8, 4) is 0 Å². The molecule has 1 heterocycles. The smallest absolute Gasteiger partial charge is 0.0771 e. The molecule has 1 aromatic carbocycles. The van der Waals surface area contributed by atoms with Crippen molar-refractivity contribution in [1.29, 1.82) is 0 Å². The van der Waals surface area contributed by atoms with Crippen LogP contribution in [0, 0.1) is 0 Å². The van der Waals surface area contributed by atoms with Crippen LogP contribution in [0.25, 0.3) is 0 Å². The fourth-order valence-corrected chi connectivity index (χ4v) is 2.40. The molecule has 1 aliphatic rings. The lowest BCUT2D eigenvalue weighted by Crippen LogP contribution is -2.18. The van der Waals surface area contributed by atoms with E-state index < -0.39 is 0 Å². The van der Waals surface area contributed by atoms with E-state index in [1.165, 1.54) is 37.1 Å². The lowest BCUT2D eigenvalue weighted by atomic mass is 10.1. The topological polar surface area (TPSA) is 29.3 Å². The first-order chi connectivity index (χ1) is 7.74. The predicted molar refractivity (Wildman–Crippen MR) is 71.4 cm³/mol. The molecule has 0 amide bonds. The Hall–Kier alpha value is -0.930. The van der Waals surface area contributed by atoms with E-state index in [1.807, 2.05) is 0 Å². The van der Waals surface area contributed by atoms with Gasteiger partial charge in [-0.2, -0.15) is 0 Å². The Morgan fingerprint density at radius 3 is 2.62 bits per heavy atom. The van der Waals surface area contributed by atoms with E-state index in [4.69, 9.17) is 18.0 Å². The fraction of sp³-hybridized carbons (Fsp3) is 0.462. The van der Waals surface area contributed by atoms with E-state index in [0.29, 0.717) is 11.4 Å². The Balaban J connectivity index is 2.00. The third kappa shape index (κ3) is 3.29. The van der Waals surface area contributed by atoms with Crippen LogP contribution in [-0.4, -0.2) is 23.0 Å². The molecule has 0 radical (unpaired) electrons. The highest BCUT2D eigenvalue weighted by atomic mass is 32.1. The van der Waals surface area contributed by atoms with Gasteiger partial charge < -0.3 is 5.73 Å². The average Bonchev–Trinajstić information content (AvgIpc) is 2.70. The number of benzene rings is 1. The van der Waals surface area contributed by atoms with Crippen molar-refractivity contribution in [1.82, 2.24) is 4.90 Å². The summed E-state index contributed by atoms with van der Waals surface area (Å²) in [6.45, 7) is 3.53. The van der Waals surface area contributed by atoms with Crippen molar-refractivity contribution >= 4 is 17.2 Å². The highest BCUT2D eigenvalue weighted by Gasteiger charge is 2.11. The molecule has 2 rings (SSSR count). The Labute approximate surface area is 102 Å². The van der Waals surface area contributed by atoms with Crippen molar-refractivity contribution in [2.45, 2.75) is 25.8 Å². The van der Waals surface area contributed by atoms with Gasteiger partial charge in [0.05, 0.1) is 4.99 Å². The minimum Gasteiger partial charge on any atom is -0.393 e. The number of likely N-dealkylation sites (tertiary alicyclic amines) is 1. The van der Waals surface area contributed by atoms with Crippen LogP contribution in [0.4, 0.5) is 0 Å². The van der Waals surface area contributed by atoms with Gasteiger partial charge in [-0.05, 0) is 37.1 Å². The minimum absolute atomic E-state index is 0.568. The Bertz CT molecular complexity index is 370. The molecule has 1 aliphatic heterocycles. The molecular formula is C13H18N2S. The lowest BCUT2D eigenvalue weighted by Gasteiger charge is -2.15. The number of rotatable bonds is 4. The molecule has 1 fully saturated rings. The van der Waals surface area contributed by atoms with Gasteiger partial charge >= 0.3 is 0 Å². The van der Waals surface area contributed by atoms with Crippen LogP contribution in [0.1, 0.15) is 24.0 Å². The molecule has 0 aromatic heterocycles. The Morgan fingerprint density at radius 1 is 1.25 bits per heavy atom. The Morgan fingerprint density at radius 2 is 1.94 bits per heavy atom. The normalized spacial score (nSPS) is 16.5. The second-order valence-electron chi connectivity index (χ2n) is 4.45. The summed E-state index contributed by atoms with van der Waals surface area (Å²) in [6, 6.07) is 8.59. The first-order valence-electron chi connectivity index (χ1n) is 5.82. The molecule has 2 nitrogen and oxygen atoms in total. The van der Waals surface area contributed by atoms with E-state index in [0.717, 1.165) is 6.54 Å². The largest absolute Gasteiger partial charge is 0.393 e. The number of nitrogens with zero attached hydrogens (tertiary/aromatic N) is 1. The maximum absolute atomic E-state index is 5.56. The van der Waals surface area contributed by atoms with Gasteiger partial charge in [0.2, 0.25) is 0 Å². The number of nitrogens with two attached hydrogens (primary N) is 1. The molecular weight excluding hydrogens is 216 g/mol. The van der Waals surface area contributed by atoms with Gasteiger partial charge in [0.15, 0.2) is 0 Å². The van der Waals surface area contributed by atoms with E-state index in [1.54, 1.807) is 0 Å². The van der Waals surface area contributed by atoms with Gasteiger partial charge in [0.25, 0.3) is 0 Å². The summed E-state index contributed by atoms with van der Waals surface area (Å²) in [5.41, 5.74) is 8.16. The first kappa shape index (κ1) is 11.6. The molecule has 0 aliphatic carbocycles. The summed E-state index contributed by atoms with van der Waals surface area (Å²) in [5, 5.41) is 0. The molecule has 86 valence electrons. The van der Waals surface area contributed by atoms with E-state index in [9.17, 15) is 0 Å². The van der Waals surface area contributed by atoms with E-state index in [2.05, 4.69) is 29.2 Å². The van der Waals surface area contributed by atoms with E-state index >= 15 is 0 Å². The zero-order valence-corrected chi connectivity index (χ0v) is 10.3. The summed E-state index contributed by atoms with van der Waals surface area (Å²) in [7, 11) is 0. The van der Waals surface area contributed by atoms with Gasteiger partial charge in [-0.1, -0.05) is 36.5 Å². The molecule has 3 heteroatoms. The van der Waals surface area contributed by atoms with Crippen LogP contribution in [0.5, 0.6) is 0 Å². The highest BCUT2D eigenvalue weighted by Crippen LogP contribution is 2.14. The second kappa shape index (κ2) is 5.41. The van der Waals surface area contributed by atoms with Crippen LogP contribution in [0.15, 0.2) is 24.3 Å². The van der Waals surface area contributed by atoms with Crippen LogP contribution in [-0.2, 0) is 13.0 Å². The number of hydrogen-bond acceptors (Lipinski definition) is 2. The van der Waals surface area contributed by atoms with Gasteiger partial charge in [-0.25, -0.2) is 0 Å². The first-order valence-corrected chi connectivity index (χ1v) is 6.23. The average molecular weight is 234 g/mol. The molecule has 2 N–H and O–H groups in total. The third-order valence-electron chi connectivity index (χ3n) is 2.97. The zero-order chi connectivity index (χ0) is 11.4. The summed E-state index contributed by atoms with van der Waals surface area (Å²) in [5.74, 6) is 0. The lowest BCUT2D eigenvalue weighted by molar-refractivity contribution is 0.331. The highest BCUT2D eigenvalue weighted by molar-refractivity contribution is 7.80. The van der Waals surface area contributed by atoms with Crippen molar-refractivity contribution < 1.29 is 0 Å². The van der Waals surface area contributed by atoms with Gasteiger partial charge in [-0.3, -0.25) is 4.90 Å². The second-order valence-corrected chi connectivity index (χ2v) is 4.97. The minimum atomic E-state index is 0.568. The standard InChI is InChI=1S/C13H18N2S/c14-13(16)9-11-4-3-5-12(8-11)10-15-6-1-2-7-15/h3-5,8H,1-2,6-7,9-10H2,(H2,14,16). The summed E-state index contributed by atoms with van der Waals surface area (Å²) >= 11 is 4.93. The zero-order valence-electron chi connectivity index (χ0n) is 9.48. The van der Waals surface area contributed by atoms with Gasteiger partial charge in [0, 0.05) is 13.0 Å².